The molecule has 2 saturated carbocycles. The monoisotopic (exact) mass is 368 g/mol. The quantitative estimate of drug-likeness (QED) is 0.637. The molecule has 26 heavy (non-hydrogen) atoms. The Bertz CT molecular complexity index is 642. The van der Waals surface area contributed by atoms with Gasteiger partial charge in [0.25, 0.3) is 0 Å². The van der Waals surface area contributed by atoms with E-state index in [1.54, 1.807) is 6.92 Å². The Morgan fingerprint density at radius 3 is 2.50 bits per heavy atom. The number of aliphatic carboxylic acids is 1. The van der Waals surface area contributed by atoms with Gasteiger partial charge in [0, 0.05) is 5.92 Å². The van der Waals surface area contributed by atoms with Crippen molar-refractivity contribution in [2.75, 3.05) is 0 Å². The maximum Gasteiger partial charge on any atom is 0.306 e. The SMILES string of the molecule is CC1(C)C[C@@H]2[C@H]3[C@@H](O)[C@H](OC(=O)CCC(=O)O)[C@@H]4[C@H]3O[C@@]21CC[C@@]4(C)O. The molecule has 0 aromatic rings. The zero-order valence-electron chi connectivity index (χ0n) is 15.5. The van der Waals surface area contributed by atoms with Crippen LogP contribution in [-0.2, 0) is 19.1 Å². The summed E-state index contributed by atoms with van der Waals surface area (Å²) in [7, 11) is 0. The zero-order chi connectivity index (χ0) is 19.1. The Balaban J connectivity index is 1.61. The number of carboxylic acid groups (broad SMARTS) is 1. The van der Waals surface area contributed by atoms with Crippen molar-refractivity contribution in [3.05, 3.63) is 0 Å². The van der Waals surface area contributed by atoms with Gasteiger partial charge in [0.15, 0.2) is 0 Å². The molecule has 1 spiro atoms. The molecule has 7 nitrogen and oxygen atoms in total. The molecule has 2 aliphatic heterocycles. The van der Waals surface area contributed by atoms with Crippen LogP contribution in [0.1, 0.15) is 52.9 Å². The first-order chi connectivity index (χ1) is 12.0. The minimum absolute atomic E-state index is 0.000355. The van der Waals surface area contributed by atoms with E-state index < -0.39 is 35.7 Å². The summed E-state index contributed by atoms with van der Waals surface area (Å²) in [6.45, 7) is 6.08. The van der Waals surface area contributed by atoms with Crippen LogP contribution < -0.4 is 0 Å². The standard InChI is InChI=1S/C19H28O7/c1-17(2)8-9-12-14(23)16(25-11(22)5-4-10(20)21)13-15(12)26-19(9,17)7-6-18(13,3)24/h9,12-16,23-24H,4-8H2,1-3H3,(H,20,21)/t9-,12+,13+,14-,15+,16-,18-,19+/m1/s1. The first kappa shape index (κ1) is 18.2. The van der Waals surface area contributed by atoms with Gasteiger partial charge in [-0.05, 0) is 37.5 Å². The Labute approximate surface area is 152 Å². The Morgan fingerprint density at radius 2 is 1.88 bits per heavy atom. The number of hydrogen-bond donors (Lipinski definition) is 3. The Kier molecular flexibility index (Phi) is 3.80. The lowest BCUT2D eigenvalue weighted by atomic mass is 9.48. The van der Waals surface area contributed by atoms with Crippen molar-refractivity contribution in [2.24, 2.45) is 23.2 Å². The van der Waals surface area contributed by atoms with Gasteiger partial charge in [-0.1, -0.05) is 13.8 Å². The summed E-state index contributed by atoms with van der Waals surface area (Å²) in [5.74, 6) is -2.18. The highest BCUT2D eigenvalue weighted by Gasteiger charge is 2.77. The number of carboxylic acids is 1. The summed E-state index contributed by atoms with van der Waals surface area (Å²) in [5, 5.41) is 30.8. The van der Waals surface area contributed by atoms with Crippen molar-refractivity contribution in [2.45, 2.75) is 82.4 Å². The third-order valence-corrected chi connectivity index (χ3v) is 7.64. The van der Waals surface area contributed by atoms with Gasteiger partial charge in [-0.25, -0.2) is 0 Å². The van der Waals surface area contributed by atoms with Gasteiger partial charge in [0.05, 0.1) is 42.2 Å². The van der Waals surface area contributed by atoms with Crippen LogP contribution in [0, 0.1) is 23.2 Å². The molecule has 2 bridgehead atoms. The fraction of sp³-hybridized carbons (Fsp3) is 0.895. The van der Waals surface area contributed by atoms with E-state index in [1.807, 2.05) is 0 Å². The number of hydrogen-bond acceptors (Lipinski definition) is 6. The molecule has 7 heteroatoms. The molecule has 0 amide bonds. The van der Waals surface area contributed by atoms with E-state index in [2.05, 4.69) is 13.8 Å². The number of carbonyl (C=O) groups excluding carboxylic acids is 1. The second-order valence-corrected chi connectivity index (χ2v) is 9.47. The normalized spacial score (nSPS) is 50.5. The number of rotatable bonds is 4. The predicted molar refractivity (Wildman–Crippen MR) is 89.1 cm³/mol. The van der Waals surface area contributed by atoms with Gasteiger partial charge < -0.3 is 24.8 Å². The van der Waals surface area contributed by atoms with E-state index >= 15 is 0 Å². The number of fused-ring (bicyclic) bond motifs is 1. The molecule has 2 aliphatic carbocycles. The fourth-order valence-corrected chi connectivity index (χ4v) is 6.32. The number of carbonyl (C=O) groups is 2. The van der Waals surface area contributed by atoms with E-state index in [4.69, 9.17) is 14.6 Å². The molecule has 4 aliphatic rings. The molecule has 4 fully saturated rings. The Morgan fingerprint density at radius 1 is 1.19 bits per heavy atom. The molecule has 0 aromatic heterocycles. The highest BCUT2D eigenvalue weighted by molar-refractivity contribution is 5.76. The number of esters is 1. The van der Waals surface area contributed by atoms with Crippen LogP contribution in [0.3, 0.4) is 0 Å². The van der Waals surface area contributed by atoms with Crippen molar-refractivity contribution < 1.29 is 34.4 Å². The number of ether oxygens (including phenoxy) is 2. The number of aliphatic hydroxyl groups excluding tert-OH is 1. The van der Waals surface area contributed by atoms with Gasteiger partial charge in [0.2, 0.25) is 0 Å². The molecule has 8 atom stereocenters. The van der Waals surface area contributed by atoms with Gasteiger partial charge in [0.1, 0.15) is 6.10 Å². The van der Waals surface area contributed by atoms with Crippen molar-refractivity contribution >= 4 is 11.9 Å². The summed E-state index contributed by atoms with van der Waals surface area (Å²) in [6, 6.07) is 0. The first-order valence-corrected chi connectivity index (χ1v) is 9.50. The molecule has 3 N–H and O–H groups in total. The molecule has 146 valence electrons. The van der Waals surface area contributed by atoms with Crippen LogP contribution in [0.15, 0.2) is 0 Å². The van der Waals surface area contributed by atoms with E-state index in [9.17, 15) is 19.8 Å². The first-order valence-electron chi connectivity index (χ1n) is 9.50. The van der Waals surface area contributed by atoms with Crippen LogP contribution in [0.4, 0.5) is 0 Å². The van der Waals surface area contributed by atoms with Crippen molar-refractivity contribution in [1.29, 1.82) is 0 Å². The second kappa shape index (κ2) is 5.42. The summed E-state index contributed by atoms with van der Waals surface area (Å²) >= 11 is 0. The maximum absolute atomic E-state index is 12.1. The third kappa shape index (κ3) is 2.23. The topological polar surface area (TPSA) is 113 Å². The van der Waals surface area contributed by atoms with Crippen LogP contribution in [0.25, 0.3) is 0 Å². The summed E-state index contributed by atoms with van der Waals surface area (Å²) < 4.78 is 12.0. The molecule has 2 saturated heterocycles. The predicted octanol–water partition coefficient (Wildman–Crippen LogP) is 1.10. The number of aliphatic hydroxyl groups is 2. The van der Waals surface area contributed by atoms with Gasteiger partial charge in [-0.15, -0.1) is 0 Å². The summed E-state index contributed by atoms with van der Waals surface area (Å²) in [4.78, 5) is 22.8. The fourth-order valence-electron chi connectivity index (χ4n) is 6.32. The lowest BCUT2D eigenvalue weighted by molar-refractivity contribution is -0.214. The summed E-state index contributed by atoms with van der Waals surface area (Å²) in [5.41, 5.74) is -1.43. The molecule has 0 unspecified atom stereocenters. The smallest absolute Gasteiger partial charge is 0.306 e. The van der Waals surface area contributed by atoms with E-state index in [0.717, 1.165) is 12.8 Å². The summed E-state index contributed by atoms with van der Waals surface area (Å²) in [6.07, 6.45) is -0.459. The van der Waals surface area contributed by atoms with Crippen LogP contribution in [0.5, 0.6) is 0 Å². The molecular formula is C19H28O7. The van der Waals surface area contributed by atoms with Gasteiger partial charge in [-0.2, -0.15) is 0 Å². The lowest BCUT2D eigenvalue weighted by Crippen LogP contribution is -2.61. The van der Waals surface area contributed by atoms with Gasteiger partial charge >= 0.3 is 11.9 Å². The minimum Gasteiger partial charge on any atom is -0.481 e. The van der Waals surface area contributed by atoms with E-state index in [-0.39, 0.29) is 41.8 Å². The van der Waals surface area contributed by atoms with E-state index in [1.165, 1.54) is 0 Å². The Hall–Kier alpha value is -1.18. The van der Waals surface area contributed by atoms with Crippen LogP contribution in [-0.4, -0.2) is 56.8 Å². The maximum atomic E-state index is 12.1. The second-order valence-electron chi connectivity index (χ2n) is 9.47. The molecule has 4 rings (SSSR count). The lowest BCUT2D eigenvalue weighted by Gasteiger charge is -2.59. The average Bonchev–Trinajstić information content (AvgIpc) is 2.89. The highest BCUT2D eigenvalue weighted by Crippen LogP contribution is 2.71. The molecule has 0 aromatic carbocycles. The van der Waals surface area contributed by atoms with Crippen LogP contribution in [0.2, 0.25) is 0 Å². The zero-order valence-corrected chi connectivity index (χ0v) is 15.5. The molecule has 0 radical (unpaired) electrons. The van der Waals surface area contributed by atoms with Crippen molar-refractivity contribution in [3.8, 4) is 0 Å². The highest BCUT2D eigenvalue weighted by atomic mass is 16.6. The minimum atomic E-state index is -1.11. The molecule has 2 heterocycles. The van der Waals surface area contributed by atoms with Crippen LogP contribution >= 0.6 is 0 Å². The average molecular weight is 368 g/mol. The van der Waals surface area contributed by atoms with E-state index in [0.29, 0.717) is 6.42 Å². The van der Waals surface area contributed by atoms with Crippen molar-refractivity contribution in [1.82, 2.24) is 0 Å². The van der Waals surface area contributed by atoms with Gasteiger partial charge in [-0.3, -0.25) is 9.59 Å². The molecular weight excluding hydrogens is 340 g/mol. The largest absolute Gasteiger partial charge is 0.481 e. The third-order valence-electron chi connectivity index (χ3n) is 7.64. The van der Waals surface area contributed by atoms with Crippen molar-refractivity contribution in [3.63, 3.8) is 0 Å².